The maximum Gasteiger partial charge on any atom is 0.222 e. The monoisotopic (exact) mass is 278 g/mol. The number of nitrogens with two attached hydrogens (primary N) is 1. The van der Waals surface area contributed by atoms with Crippen LogP contribution < -0.4 is 10.6 Å². The van der Waals surface area contributed by atoms with Crippen LogP contribution in [0.1, 0.15) is 30.9 Å². The Morgan fingerprint density at radius 1 is 1.30 bits per heavy atom. The lowest BCUT2D eigenvalue weighted by molar-refractivity contribution is 0.0818. The van der Waals surface area contributed by atoms with Crippen molar-refractivity contribution in [3.05, 3.63) is 11.8 Å². The van der Waals surface area contributed by atoms with Crippen molar-refractivity contribution in [2.45, 2.75) is 31.3 Å². The van der Waals surface area contributed by atoms with Crippen molar-refractivity contribution in [3.63, 3.8) is 0 Å². The Bertz CT molecular complexity index is 454. The number of rotatable bonds is 3. The second-order valence-electron chi connectivity index (χ2n) is 5.49. The Hall–Kier alpha value is -1.40. The minimum absolute atomic E-state index is 0.357. The maximum atomic E-state index is 5.87. The predicted octanol–water partition coefficient (Wildman–Crippen LogP) is 1.18. The number of nitrogen functional groups attached to an aromatic ring is 1. The first kappa shape index (κ1) is 13.6. The average molecular weight is 278 g/mol. The zero-order valence-electron chi connectivity index (χ0n) is 11.9. The van der Waals surface area contributed by atoms with Crippen LogP contribution in [0.4, 0.5) is 11.8 Å². The molecule has 0 radical (unpaired) electrons. The molecule has 0 aromatic carbocycles. The van der Waals surface area contributed by atoms with Crippen LogP contribution >= 0.6 is 0 Å². The van der Waals surface area contributed by atoms with Gasteiger partial charge in [0.05, 0.1) is 18.4 Å². The molecule has 6 nitrogen and oxygen atoms in total. The molecule has 0 unspecified atom stereocenters. The Balaban J connectivity index is 1.76. The van der Waals surface area contributed by atoms with E-state index in [4.69, 9.17) is 15.2 Å². The standard InChI is InChI=1S/C14H22N4O2/c1-19-11-2-5-18(6-3-11)13-8-12(16-14(15)17-13)10-4-7-20-9-10/h8,10-11H,2-7,9H2,1H3,(H2,15,16,17)/t10-/m0/s1. The van der Waals surface area contributed by atoms with Crippen molar-refractivity contribution in [3.8, 4) is 0 Å². The van der Waals surface area contributed by atoms with Gasteiger partial charge in [0, 0.05) is 38.8 Å². The van der Waals surface area contributed by atoms with Crippen LogP contribution in [-0.2, 0) is 9.47 Å². The number of methoxy groups -OCH3 is 1. The molecule has 0 aliphatic carbocycles. The molecule has 2 aliphatic rings. The van der Waals surface area contributed by atoms with Crippen molar-refractivity contribution in [1.29, 1.82) is 0 Å². The molecule has 2 saturated heterocycles. The van der Waals surface area contributed by atoms with E-state index in [1.165, 1.54) is 0 Å². The highest BCUT2D eigenvalue weighted by molar-refractivity contribution is 5.44. The molecule has 3 heterocycles. The van der Waals surface area contributed by atoms with Crippen LogP contribution in [0.25, 0.3) is 0 Å². The summed E-state index contributed by atoms with van der Waals surface area (Å²) in [6, 6.07) is 2.07. The predicted molar refractivity (Wildman–Crippen MR) is 76.9 cm³/mol. The summed E-state index contributed by atoms with van der Waals surface area (Å²) in [5.74, 6) is 1.66. The van der Waals surface area contributed by atoms with E-state index < -0.39 is 0 Å². The number of ether oxygens (including phenoxy) is 2. The van der Waals surface area contributed by atoms with Gasteiger partial charge in [-0.2, -0.15) is 4.98 Å². The first-order chi connectivity index (χ1) is 9.76. The number of piperidine rings is 1. The molecule has 0 amide bonds. The van der Waals surface area contributed by atoms with Crippen LogP contribution in [-0.4, -0.2) is 49.5 Å². The minimum atomic E-state index is 0.357. The van der Waals surface area contributed by atoms with E-state index in [2.05, 4.69) is 20.9 Å². The Morgan fingerprint density at radius 3 is 2.75 bits per heavy atom. The van der Waals surface area contributed by atoms with Gasteiger partial charge in [0.2, 0.25) is 5.95 Å². The zero-order chi connectivity index (χ0) is 13.9. The fourth-order valence-electron chi connectivity index (χ4n) is 2.93. The molecule has 1 aromatic rings. The van der Waals surface area contributed by atoms with Crippen LogP contribution in [0.5, 0.6) is 0 Å². The van der Waals surface area contributed by atoms with E-state index >= 15 is 0 Å². The summed E-state index contributed by atoms with van der Waals surface area (Å²) in [7, 11) is 1.78. The fourth-order valence-corrected chi connectivity index (χ4v) is 2.93. The van der Waals surface area contributed by atoms with Gasteiger partial charge in [0.1, 0.15) is 5.82 Å². The number of hydrogen-bond acceptors (Lipinski definition) is 6. The van der Waals surface area contributed by atoms with E-state index in [0.29, 0.717) is 18.0 Å². The van der Waals surface area contributed by atoms with Crippen LogP contribution in [0, 0.1) is 0 Å². The number of anilines is 2. The SMILES string of the molecule is COC1CCN(c2cc([C@H]3CCOC3)nc(N)n2)CC1. The molecular weight excluding hydrogens is 256 g/mol. The molecule has 3 rings (SSSR count). The van der Waals surface area contributed by atoms with Gasteiger partial charge in [-0.3, -0.25) is 0 Å². The van der Waals surface area contributed by atoms with Gasteiger partial charge in [-0.1, -0.05) is 0 Å². The summed E-state index contributed by atoms with van der Waals surface area (Å²) < 4.78 is 10.8. The molecular formula is C14H22N4O2. The average Bonchev–Trinajstić information content (AvgIpc) is 3.01. The van der Waals surface area contributed by atoms with E-state index in [0.717, 1.165) is 57.1 Å². The molecule has 1 atom stereocenters. The molecule has 6 heteroatoms. The van der Waals surface area contributed by atoms with Gasteiger partial charge in [-0.15, -0.1) is 0 Å². The van der Waals surface area contributed by atoms with Crippen LogP contribution in [0.3, 0.4) is 0 Å². The lowest BCUT2D eigenvalue weighted by Crippen LogP contribution is -2.37. The van der Waals surface area contributed by atoms with Crippen molar-refractivity contribution >= 4 is 11.8 Å². The second kappa shape index (κ2) is 5.93. The molecule has 2 aliphatic heterocycles. The Morgan fingerprint density at radius 2 is 2.10 bits per heavy atom. The fraction of sp³-hybridized carbons (Fsp3) is 0.714. The van der Waals surface area contributed by atoms with Gasteiger partial charge >= 0.3 is 0 Å². The van der Waals surface area contributed by atoms with Gasteiger partial charge in [-0.25, -0.2) is 4.98 Å². The smallest absolute Gasteiger partial charge is 0.222 e. The lowest BCUT2D eigenvalue weighted by atomic mass is 10.0. The highest BCUT2D eigenvalue weighted by atomic mass is 16.5. The van der Waals surface area contributed by atoms with Gasteiger partial charge in [0.15, 0.2) is 0 Å². The largest absolute Gasteiger partial charge is 0.381 e. The minimum Gasteiger partial charge on any atom is -0.381 e. The first-order valence-corrected chi connectivity index (χ1v) is 7.26. The van der Waals surface area contributed by atoms with E-state index in [-0.39, 0.29) is 0 Å². The lowest BCUT2D eigenvalue weighted by Gasteiger charge is -2.32. The van der Waals surface area contributed by atoms with E-state index in [1.54, 1.807) is 7.11 Å². The van der Waals surface area contributed by atoms with Crippen LogP contribution in [0.15, 0.2) is 6.07 Å². The summed E-state index contributed by atoms with van der Waals surface area (Å²) in [5, 5.41) is 0. The highest BCUT2D eigenvalue weighted by Crippen LogP contribution is 2.28. The topological polar surface area (TPSA) is 73.5 Å². The second-order valence-corrected chi connectivity index (χ2v) is 5.49. The van der Waals surface area contributed by atoms with Gasteiger partial charge in [0.25, 0.3) is 0 Å². The van der Waals surface area contributed by atoms with Crippen molar-refractivity contribution in [2.24, 2.45) is 0 Å². The van der Waals surface area contributed by atoms with E-state index in [9.17, 15) is 0 Å². The molecule has 2 fully saturated rings. The third-order valence-electron chi connectivity index (χ3n) is 4.20. The molecule has 0 spiro atoms. The summed E-state index contributed by atoms with van der Waals surface area (Å²) in [4.78, 5) is 11.0. The molecule has 20 heavy (non-hydrogen) atoms. The highest BCUT2D eigenvalue weighted by Gasteiger charge is 2.24. The summed E-state index contributed by atoms with van der Waals surface area (Å²) >= 11 is 0. The number of aromatic nitrogens is 2. The zero-order valence-corrected chi connectivity index (χ0v) is 11.9. The Kier molecular flexibility index (Phi) is 4.03. The normalized spacial score (nSPS) is 24.2. The van der Waals surface area contributed by atoms with Crippen molar-refractivity contribution in [1.82, 2.24) is 9.97 Å². The Labute approximate surface area is 119 Å². The third-order valence-corrected chi connectivity index (χ3v) is 4.20. The van der Waals surface area contributed by atoms with E-state index in [1.807, 2.05) is 0 Å². The maximum absolute atomic E-state index is 5.87. The van der Waals surface area contributed by atoms with Gasteiger partial charge < -0.3 is 20.1 Å². The molecule has 110 valence electrons. The van der Waals surface area contributed by atoms with Crippen molar-refractivity contribution in [2.75, 3.05) is 44.0 Å². The molecule has 0 bridgehead atoms. The third kappa shape index (κ3) is 2.86. The summed E-state index contributed by atoms with van der Waals surface area (Å²) in [6.07, 6.45) is 3.44. The van der Waals surface area contributed by atoms with Gasteiger partial charge in [-0.05, 0) is 19.3 Å². The quantitative estimate of drug-likeness (QED) is 0.895. The molecule has 1 aromatic heterocycles. The first-order valence-electron chi connectivity index (χ1n) is 7.26. The summed E-state index contributed by atoms with van der Waals surface area (Å²) in [5.41, 5.74) is 6.89. The number of hydrogen-bond donors (Lipinski definition) is 1. The molecule has 0 saturated carbocycles. The summed E-state index contributed by atoms with van der Waals surface area (Å²) in [6.45, 7) is 3.45. The number of nitrogens with zero attached hydrogens (tertiary/aromatic N) is 3. The van der Waals surface area contributed by atoms with Crippen LogP contribution in [0.2, 0.25) is 0 Å². The molecule has 2 N–H and O–H groups in total. The van der Waals surface area contributed by atoms with Crippen molar-refractivity contribution < 1.29 is 9.47 Å².